The predicted octanol–water partition coefficient (Wildman–Crippen LogP) is 4.49. The van der Waals surface area contributed by atoms with Crippen molar-refractivity contribution >= 4 is 27.5 Å². The number of hydrogen-bond donors (Lipinski definition) is 1. The topological polar surface area (TPSA) is 20.2 Å². The smallest absolute Gasteiger partial charge is 0.106 e. The summed E-state index contributed by atoms with van der Waals surface area (Å²) in [6.45, 7) is 1.98. The van der Waals surface area contributed by atoms with Gasteiger partial charge >= 0.3 is 0 Å². The van der Waals surface area contributed by atoms with Crippen LogP contribution in [0.1, 0.15) is 22.8 Å². The fourth-order valence-corrected chi connectivity index (χ4v) is 2.38. The molecule has 0 heterocycles. The van der Waals surface area contributed by atoms with E-state index in [1.807, 2.05) is 43.3 Å². The second-order valence-electron chi connectivity index (χ2n) is 3.92. The van der Waals surface area contributed by atoms with Crippen LogP contribution < -0.4 is 0 Å². The average Bonchev–Trinajstić information content (AvgIpc) is 2.32. The highest BCUT2D eigenvalue weighted by atomic mass is 79.9. The molecule has 0 radical (unpaired) electrons. The average molecular weight is 312 g/mol. The summed E-state index contributed by atoms with van der Waals surface area (Å²) in [5.74, 6) is 0. The molecule has 0 aliphatic rings. The first-order valence-corrected chi connectivity index (χ1v) is 6.45. The summed E-state index contributed by atoms with van der Waals surface area (Å²) >= 11 is 9.50. The predicted molar refractivity (Wildman–Crippen MR) is 74.4 cm³/mol. The second kappa shape index (κ2) is 5.21. The van der Waals surface area contributed by atoms with E-state index in [0.717, 1.165) is 21.2 Å². The zero-order valence-corrected chi connectivity index (χ0v) is 11.7. The summed E-state index contributed by atoms with van der Waals surface area (Å²) in [7, 11) is 0. The van der Waals surface area contributed by atoms with Gasteiger partial charge in [0.25, 0.3) is 0 Å². The quantitative estimate of drug-likeness (QED) is 0.866. The first kappa shape index (κ1) is 12.6. The molecule has 17 heavy (non-hydrogen) atoms. The van der Waals surface area contributed by atoms with Crippen LogP contribution in [-0.2, 0) is 0 Å². The summed E-state index contributed by atoms with van der Waals surface area (Å²) in [5, 5.41) is 10.9. The zero-order chi connectivity index (χ0) is 12.4. The van der Waals surface area contributed by atoms with Gasteiger partial charge in [-0.05, 0) is 36.2 Å². The summed E-state index contributed by atoms with van der Waals surface area (Å²) in [6.07, 6.45) is -0.693. The highest BCUT2D eigenvalue weighted by molar-refractivity contribution is 9.10. The number of halogens is 2. The van der Waals surface area contributed by atoms with Gasteiger partial charge in [-0.15, -0.1) is 0 Å². The molecule has 0 bridgehead atoms. The van der Waals surface area contributed by atoms with Gasteiger partial charge in [0.2, 0.25) is 0 Å². The fourth-order valence-electron chi connectivity index (χ4n) is 1.79. The summed E-state index contributed by atoms with van der Waals surface area (Å²) in [6, 6.07) is 13.2. The normalized spacial score (nSPS) is 12.5. The van der Waals surface area contributed by atoms with E-state index in [1.54, 1.807) is 6.07 Å². The van der Waals surface area contributed by atoms with Gasteiger partial charge in [-0.1, -0.05) is 51.8 Å². The van der Waals surface area contributed by atoms with Crippen molar-refractivity contribution in [1.29, 1.82) is 0 Å². The molecule has 0 fully saturated rings. The van der Waals surface area contributed by atoms with E-state index in [4.69, 9.17) is 11.6 Å². The Morgan fingerprint density at radius 2 is 1.82 bits per heavy atom. The minimum Gasteiger partial charge on any atom is -0.384 e. The van der Waals surface area contributed by atoms with Crippen LogP contribution in [0.15, 0.2) is 46.9 Å². The van der Waals surface area contributed by atoms with Gasteiger partial charge in [0.1, 0.15) is 6.10 Å². The molecule has 1 nitrogen and oxygen atoms in total. The van der Waals surface area contributed by atoms with E-state index in [0.29, 0.717) is 5.02 Å². The lowest BCUT2D eigenvalue weighted by atomic mass is 9.98. The molecule has 0 saturated heterocycles. The third-order valence-corrected chi connectivity index (χ3v) is 3.57. The van der Waals surface area contributed by atoms with E-state index < -0.39 is 6.10 Å². The van der Waals surface area contributed by atoms with E-state index >= 15 is 0 Å². The molecule has 88 valence electrons. The Balaban J connectivity index is 2.47. The van der Waals surface area contributed by atoms with Crippen LogP contribution >= 0.6 is 27.5 Å². The molecular weight excluding hydrogens is 300 g/mol. The van der Waals surface area contributed by atoms with Crippen molar-refractivity contribution in [2.24, 2.45) is 0 Å². The number of benzene rings is 2. The second-order valence-corrected chi connectivity index (χ2v) is 5.25. The third kappa shape index (κ3) is 2.71. The lowest BCUT2D eigenvalue weighted by Gasteiger charge is -2.15. The Kier molecular flexibility index (Phi) is 3.87. The van der Waals surface area contributed by atoms with Gasteiger partial charge in [-0.2, -0.15) is 0 Å². The minimum atomic E-state index is -0.693. The van der Waals surface area contributed by atoms with E-state index in [9.17, 15) is 5.11 Å². The molecular formula is C14H12BrClO. The molecule has 3 heteroatoms. The molecule has 2 aromatic rings. The monoisotopic (exact) mass is 310 g/mol. The fraction of sp³-hybridized carbons (Fsp3) is 0.143. The highest BCUT2D eigenvalue weighted by Gasteiger charge is 2.15. The molecule has 0 saturated carbocycles. The summed E-state index contributed by atoms with van der Waals surface area (Å²) < 4.78 is 0.907. The maximum absolute atomic E-state index is 10.4. The van der Waals surface area contributed by atoms with Crippen LogP contribution in [-0.4, -0.2) is 5.11 Å². The number of rotatable bonds is 2. The van der Waals surface area contributed by atoms with Crippen molar-refractivity contribution in [2.75, 3.05) is 0 Å². The maximum Gasteiger partial charge on any atom is 0.106 e. The van der Waals surface area contributed by atoms with Crippen LogP contribution in [0, 0.1) is 6.92 Å². The molecule has 0 spiro atoms. The molecule has 0 aromatic heterocycles. The van der Waals surface area contributed by atoms with Gasteiger partial charge in [-0.3, -0.25) is 0 Å². The highest BCUT2D eigenvalue weighted by Crippen LogP contribution is 2.31. The lowest BCUT2D eigenvalue weighted by Crippen LogP contribution is -2.02. The van der Waals surface area contributed by atoms with E-state index in [2.05, 4.69) is 15.9 Å². The Morgan fingerprint density at radius 3 is 2.53 bits per heavy atom. The standard InChI is InChI=1S/C14H12BrClO/c1-9-4-2-3-5-11(9)14(17)12-8-10(15)6-7-13(12)16/h2-8,14,17H,1H3. The number of aryl methyl sites for hydroxylation is 1. The lowest BCUT2D eigenvalue weighted by molar-refractivity contribution is 0.219. The number of aliphatic hydroxyl groups is 1. The van der Waals surface area contributed by atoms with E-state index in [1.165, 1.54) is 0 Å². The molecule has 0 amide bonds. The van der Waals surface area contributed by atoms with Gasteiger partial charge in [0.05, 0.1) is 0 Å². The van der Waals surface area contributed by atoms with Crippen molar-refractivity contribution < 1.29 is 5.11 Å². The SMILES string of the molecule is Cc1ccccc1C(O)c1cc(Br)ccc1Cl. The van der Waals surface area contributed by atoms with Crippen molar-refractivity contribution in [2.45, 2.75) is 13.0 Å². The van der Waals surface area contributed by atoms with Crippen molar-refractivity contribution in [3.63, 3.8) is 0 Å². The van der Waals surface area contributed by atoms with Crippen molar-refractivity contribution in [1.82, 2.24) is 0 Å². The number of hydrogen-bond acceptors (Lipinski definition) is 1. The Labute approximate surface area is 114 Å². The van der Waals surface area contributed by atoms with Crippen LogP contribution in [0.4, 0.5) is 0 Å². The van der Waals surface area contributed by atoms with Crippen LogP contribution in [0.25, 0.3) is 0 Å². The number of aliphatic hydroxyl groups excluding tert-OH is 1. The maximum atomic E-state index is 10.4. The molecule has 1 atom stereocenters. The Bertz CT molecular complexity index is 539. The molecule has 0 aliphatic heterocycles. The van der Waals surface area contributed by atoms with Gasteiger partial charge in [0.15, 0.2) is 0 Å². The Hall–Kier alpha value is -0.830. The molecule has 1 N–H and O–H groups in total. The van der Waals surface area contributed by atoms with Crippen LogP contribution in [0.2, 0.25) is 5.02 Å². The van der Waals surface area contributed by atoms with Gasteiger partial charge in [0, 0.05) is 15.1 Å². The molecule has 1 unspecified atom stereocenters. The summed E-state index contributed by atoms with van der Waals surface area (Å²) in [5.41, 5.74) is 2.65. The minimum absolute atomic E-state index is 0.573. The summed E-state index contributed by atoms with van der Waals surface area (Å²) in [4.78, 5) is 0. The third-order valence-electron chi connectivity index (χ3n) is 2.74. The van der Waals surface area contributed by atoms with Crippen LogP contribution in [0.5, 0.6) is 0 Å². The Morgan fingerprint density at radius 1 is 1.12 bits per heavy atom. The largest absolute Gasteiger partial charge is 0.384 e. The van der Waals surface area contributed by atoms with Gasteiger partial charge in [-0.25, -0.2) is 0 Å². The van der Waals surface area contributed by atoms with Crippen LogP contribution in [0.3, 0.4) is 0 Å². The van der Waals surface area contributed by atoms with Crippen molar-refractivity contribution in [3.05, 3.63) is 68.7 Å². The van der Waals surface area contributed by atoms with Gasteiger partial charge < -0.3 is 5.11 Å². The molecule has 0 aliphatic carbocycles. The molecule has 2 aromatic carbocycles. The first-order chi connectivity index (χ1) is 8.09. The van der Waals surface area contributed by atoms with E-state index in [-0.39, 0.29) is 0 Å². The zero-order valence-electron chi connectivity index (χ0n) is 9.32. The first-order valence-electron chi connectivity index (χ1n) is 5.28. The molecule has 2 rings (SSSR count). The van der Waals surface area contributed by atoms with Crippen molar-refractivity contribution in [3.8, 4) is 0 Å².